The fraction of sp³-hybridized carbons (Fsp3) is 0.839. The van der Waals surface area contributed by atoms with Gasteiger partial charge in [-0.1, -0.05) is 0 Å². The molecule has 0 radical (unpaired) electrons. The first kappa shape index (κ1) is 30.0. The topological polar surface area (TPSA) is 155 Å². The largest absolute Gasteiger partial charge is 0.374 e. The molecule has 3 aliphatic carbocycles. The second-order valence-corrected chi connectivity index (χ2v) is 13.4. The molecule has 43 heavy (non-hydrogen) atoms. The van der Waals surface area contributed by atoms with Gasteiger partial charge in [0.15, 0.2) is 0 Å². The minimum absolute atomic E-state index is 0.0227. The average Bonchev–Trinajstić information content (AvgIpc) is 3.58. The van der Waals surface area contributed by atoms with Gasteiger partial charge in [-0.2, -0.15) is 0 Å². The van der Waals surface area contributed by atoms with Crippen LogP contribution in [0.5, 0.6) is 0 Å². The van der Waals surface area contributed by atoms with Crippen molar-refractivity contribution in [3.05, 3.63) is 0 Å². The van der Waals surface area contributed by atoms with Crippen molar-refractivity contribution in [2.24, 2.45) is 32.7 Å². The molecule has 6 rings (SSSR count). The first-order chi connectivity index (χ1) is 21.1. The summed E-state index contributed by atoms with van der Waals surface area (Å²) in [5, 5.41) is 23.4. The summed E-state index contributed by atoms with van der Waals surface area (Å²) in [5.74, 6) is 4.56. The molecule has 3 aliphatic heterocycles. The lowest BCUT2D eigenvalue weighted by molar-refractivity contribution is 0.207. The van der Waals surface area contributed by atoms with Gasteiger partial charge in [-0.3, -0.25) is 15.0 Å². The van der Waals surface area contributed by atoms with Gasteiger partial charge in [0, 0.05) is 74.6 Å². The predicted molar refractivity (Wildman–Crippen MR) is 170 cm³/mol. The van der Waals surface area contributed by atoms with Crippen molar-refractivity contribution < 1.29 is 9.59 Å². The third-order valence-electron chi connectivity index (χ3n) is 10.2. The van der Waals surface area contributed by atoms with E-state index in [-0.39, 0.29) is 42.1 Å². The zero-order valence-corrected chi connectivity index (χ0v) is 25.6. The van der Waals surface area contributed by atoms with Crippen LogP contribution >= 0.6 is 0 Å². The van der Waals surface area contributed by atoms with Gasteiger partial charge in [-0.25, -0.2) is 9.59 Å². The van der Waals surface area contributed by atoms with Gasteiger partial charge in [0.05, 0.1) is 24.1 Å². The Balaban J connectivity index is 0.964. The van der Waals surface area contributed by atoms with Gasteiger partial charge >= 0.3 is 12.1 Å². The lowest BCUT2D eigenvalue weighted by atomic mass is 9.81. The number of amides is 4. The summed E-state index contributed by atoms with van der Waals surface area (Å²) < 4.78 is 0. The molecule has 238 valence electrons. The molecule has 2 atom stereocenters. The zero-order valence-electron chi connectivity index (χ0n) is 25.6. The molecule has 4 amide bonds. The van der Waals surface area contributed by atoms with E-state index in [0.717, 1.165) is 129 Å². The quantitative estimate of drug-likeness (QED) is 0.240. The van der Waals surface area contributed by atoms with E-state index in [4.69, 9.17) is 0 Å². The van der Waals surface area contributed by atoms with Crippen LogP contribution in [-0.2, 0) is 0 Å². The number of carbonyl (C=O) groups excluding carboxylic acids is 2. The first-order valence-electron chi connectivity index (χ1n) is 17.1. The lowest BCUT2D eigenvalue weighted by Crippen LogP contribution is -2.55. The van der Waals surface area contributed by atoms with Crippen molar-refractivity contribution in [1.29, 1.82) is 0 Å². The Bertz CT molecular complexity index is 991. The van der Waals surface area contributed by atoms with Crippen LogP contribution in [-0.4, -0.2) is 93.0 Å². The van der Waals surface area contributed by atoms with E-state index in [1.807, 2.05) is 0 Å². The summed E-state index contributed by atoms with van der Waals surface area (Å²) in [4.78, 5) is 40.3. The molecule has 0 saturated heterocycles. The molecule has 3 fully saturated rings. The van der Waals surface area contributed by atoms with E-state index in [9.17, 15) is 9.59 Å². The molecule has 7 N–H and O–H groups in total. The fourth-order valence-electron chi connectivity index (χ4n) is 7.96. The monoisotopic (exact) mass is 596 g/mol. The number of nitrogens with zero attached hydrogens (tertiary/aromatic N) is 3. The number of rotatable bonds is 7. The standard InChI is InChI=1S/C31H52N10O2/c42-30(38-23-7-3-20(4-8-23)27-32-11-1-12-33-27)40-25-17-22(29-36-15-16-37-29)18-26(19-25)41-31(43)39-24-9-5-21(6-10-24)28-34-13-2-14-35-28/h20-26H,1-19H2,(H,32,33)(H,34,35)(H,36,37)(H2,38,40,42)(H2,39,41,43). The normalized spacial score (nSPS) is 34.6. The van der Waals surface area contributed by atoms with Crippen LogP contribution in [0.4, 0.5) is 9.59 Å². The summed E-state index contributed by atoms with van der Waals surface area (Å²) >= 11 is 0. The Morgan fingerprint density at radius 2 is 0.907 bits per heavy atom. The summed E-state index contributed by atoms with van der Waals surface area (Å²) in [6.45, 7) is 5.56. The number of hydrogen-bond donors (Lipinski definition) is 7. The minimum Gasteiger partial charge on any atom is -0.374 e. The Labute approximate surface area is 256 Å². The van der Waals surface area contributed by atoms with E-state index >= 15 is 0 Å². The highest BCUT2D eigenvalue weighted by Crippen LogP contribution is 2.29. The van der Waals surface area contributed by atoms with E-state index < -0.39 is 0 Å². The van der Waals surface area contributed by atoms with Gasteiger partial charge < -0.3 is 37.2 Å². The zero-order chi connectivity index (χ0) is 29.4. The molecule has 12 heteroatoms. The summed E-state index contributed by atoms with van der Waals surface area (Å²) in [5.41, 5.74) is 0. The van der Waals surface area contributed by atoms with Gasteiger partial charge in [0.1, 0.15) is 0 Å². The number of carbonyl (C=O) groups is 2. The lowest BCUT2D eigenvalue weighted by Gasteiger charge is -2.37. The van der Waals surface area contributed by atoms with Crippen molar-refractivity contribution in [2.45, 2.75) is 108 Å². The second-order valence-electron chi connectivity index (χ2n) is 13.4. The van der Waals surface area contributed by atoms with E-state index in [2.05, 4.69) is 52.2 Å². The maximum atomic E-state index is 13.1. The van der Waals surface area contributed by atoms with Crippen LogP contribution in [0, 0.1) is 17.8 Å². The van der Waals surface area contributed by atoms with Crippen LogP contribution < -0.4 is 37.2 Å². The number of urea groups is 2. The number of nitrogens with one attached hydrogen (secondary N) is 7. The Morgan fingerprint density at radius 3 is 1.33 bits per heavy atom. The molecule has 0 aromatic heterocycles. The highest BCUT2D eigenvalue weighted by Gasteiger charge is 2.35. The Kier molecular flexibility index (Phi) is 10.2. The number of amidine groups is 3. The van der Waals surface area contributed by atoms with Gasteiger partial charge in [0.25, 0.3) is 0 Å². The van der Waals surface area contributed by atoms with Crippen LogP contribution in [0.2, 0.25) is 0 Å². The molecule has 0 aromatic rings. The minimum atomic E-state index is -0.0967. The van der Waals surface area contributed by atoms with Crippen molar-refractivity contribution >= 4 is 29.6 Å². The Morgan fingerprint density at radius 1 is 0.488 bits per heavy atom. The van der Waals surface area contributed by atoms with Crippen LogP contribution in [0.25, 0.3) is 0 Å². The average molecular weight is 597 g/mol. The third-order valence-corrected chi connectivity index (χ3v) is 10.2. The highest BCUT2D eigenvalue weighted by molar-refractivity contribution is 5.87. The summed E-state index contributed by atoms with van der Waals surface area (Å²) in [6.07, 6.45) is 12.8. The molecule has 2 unspecified atom stereocenters. The smallest absolute Gasteiger partial charge is 0.315 e. The maximum Gasteiger partial charge on any atom is 0.315 e. The summed E-state index contributed by atoms with van der Waals surface area (Å²) in [7, 11) is 0. The molecular formula is C31H52N10O2. The third kappa shape index (κ3) is 8.32. The molecule has 0 bridgehead atoms. The maximum absolute atomic E-state index is 13.1. The van der Waals surface area contributed by atoms with E-state index in [1.54, 1.807) is 0 Å². The molecule has 3 saturated carbocycles. The van der Waals surface area contributed by atoms with Crippen LogP contribution in [0.1, 0.15) is 83.5 Å². The summed E-state index contributed by atoms with van der Waals surface area (Å²) in [6, 6.07) is 0.144. The highest BCUT2D eigenvalue weighted by atomic mass is 16.2. The predicted octanol–water partition coefficient (Wildman–Crippen LogP) is 2.03. The molecular weight excluding hydrogens is 544 g/mol. The van der Waals surface area contributed by atoms with Crippen molar-refractivity contribution in [3.63, 3.8) is 0 Å². The molecule has 3 heterocycles. The van der Waals surface area contributed by atoms with Crippen molar-refractivity contribution in [3.8, 4) is 0 Å². The molecule has 6 aliphatic rings. The number of aliphatic imine (C=N–C) groups is 3. The van der Waals surface area contributed by atoms with Gasteiger partial charge in [-0.15, -0.1) is 0 Å². The fourth-order valence-corrected chi connectivity index (χ4v) is 7.96. The number of hydrogen-bond acceptors (Lipinski definition) is 8. The molecule has 0 aromatic carbocycles. The van der Waals surface area contributed by atoms with Gasteiger partial charge in [-0.05, 0) is 83.5 Å². The van der Waals surface area contributed by atoms with E-state index in [0.29, 0.717) is 11.8 Å². The van der Waals surface area contributed by atoms with Crippen LogP contribution in [0.15, 0.2) is 15.0 Å². The first-order valence-corrected chi connectivity index (χ1v) is 17.1. The SMILES string of the molecule is O=C(NC1CCC(C2=NCCCN2)CC1)NC1CC(NC(=O)NC2CCC(C3=NCCCN3)CC2)CC(C2=NCCN2)C1. The van der Waals surface area contributed by atoms with Crippen molar-refractivity contribution in [2.75, 3.05) is 39.3 Å². The van der Waals surface area contributed by atoms with E-state index in [1.165, 1.54) is 11.7 Å². The van der Waals surface area contributed by atoms with Crippen molar-refractivity contribution in [1.82, 2.24) is 37.2 Å². The molecule has 0 spiro atoms. The Hall–Kier alpha value is -3.05. The van der Waals surface area contributed by atoms with Gasteiger partial charge in [0.2, 0.25) is 0 Å². The second kappa shape index (κ2) is 14.6. The van der Waals surface area contributed by atoms with Crippen LogP contribution in [0.3, 0.4) is 0 Å². The molecule has 12 nitrogen and oxygen atoms in total.